The van der Waals surface area contributed by atoms with E-state index in [0.717, 1.165) is 17.5 Å². The number of halogens is 1. The Morgan fingerprint density at radius 1 is 1.39 bits per heavy atom. The Balaban J connectivity index is 3.42. The van der Waals surface area contributed by atoms with Gasteiger partial charge in [0, 0.05) is 11.6 Å². The summed E-state index contributed by atoms with van der Waals surface area (Å²) in [5, 5.41) is 3.41. The molecule has 3 nitrogen and oxygen atoms in total. The van der Waals surface area contributed by atoms with Crippen LogP contribution in [0, 0.1) is 6.92 Å². The van der Waals surface area contributed by atoms with E-state index in [-0.39, 0.29) is 5.91 Å². The summed E-state index contributed by atoms with van der Waals surface area (Å²) in [6, 6.07) is 1.88. The van der Waals surface area contributed by atoms with E-state index in [2.05, 4.69) is 5.32 Å². The molecular formula is C14H20ClNO2. The van der Waals surface area contributed by atoms with E-state index in [4.69, 9.17) is 16.3 Å². The van der Waals surface area contributed by atoms with Gasteiger partial charge in [0.15, 0.2) is 0 Å². The van der Waals surface area contributed by atoms with Gasteiger partial charge in [0.05, 0.1) is 12.2 Å². The molecule has 1 N–H and O–H groups in total. The first-order valence-corrected chi connectivity index (χ1v) is 6.67. The molecule has 1 aromatic rings. The molecule has 0 unspecified atom stereocenters. The Hall–Kier alpha value is -1.22. The van der Waals surface area contributed by atoms with E-state index >= 15 is 0 Å². The third-order valence-electron chi connectivity index (χ3n) is 2.79. The molecule has 0 heterocycles. The monoisotopic (exact) mass is 269 g/mol. The third-order valence-corrected chi connectivity index (χ3v) is 3.18. The zero-order chi connectivity index (χ0) is 13.7. The second kappa shape index (κ2) is 6.64. The maximum Gasteiger partial charge on any atom is 0.255 e. The van der Waals surface area contributed by atoms with Crippen molar-refractivity contribution in [1.82, 2.24) is 5.32 Å². The van der Waals surface area contributed by atoms with E-state index in [9.17, 15) is 4.79 Å². The van der Waals surface area contributed by atoms with E-state index in [0.29, 0.717) is 29.5 Å². The standard InChI is InChI=1S/C14H20ClNO2/c1-5-10-8-11(15)9(4)12(13(10)18-7-3)14(17)16-6-2/h8H,5-7H2,1-4H3,(H,16,17). The van der Waals surface area contributed by atoms with Crippen molar-refractivity contribution in [2.75, 3.05) is 13.2 Å². The Labute approximate surface area is 113 Å². The molecule has 0 aliphatic carbocycles. The minimum Gasteiger partial charge on any atom is -0.493 e. The van der Waals surface area contributed by atoms with Crippen LogP contribution in [-0.4, -0.2) is 19.1 Å². The number of hydrogen-bond donors (Lipinski definition) is 1. The average molecular weight is 270 g/mol. The fourth-order valence-corrected chi connectivity index (χ4v) is 2.10. The van der Waals surface area contributed by atoms with E-state index in [1.54, 1.807) is 0 Å². The predicted molar refractivity (Wildman–Crippen MR) is 74.7 cm³/mol. The Morgan fingerprint density at radius 2 is 2.06 bits per heavy atom. The molecule has 18 heavy (non-hydrogen) atoms. The van der Waals surface area contributed by atoms with Gasteiger partial charge in [-0.15, -0.1) is 0 Å². The van der Waals surface area contributed by atoms with Crippen molar-refractivity contribution < 1.29 is 9.53 Å². The van der Waals surface area contributed by atoms with Crippen LogP contribution in [-0.2, 0) is 6.42 Å². The maximum absolute atomic E-state index is 12.1. The molecule has 0 saturated heterocycles. The van der Waals surface area contributed by atoms with Gasteiger partial charge in [-0.05, 0) is 44.4 Å². The molecule has 1 rings (SSSR count). The van der Waals surface area contributed by atoms with Gasteiger partial charge in [-0.25, -0.2) is 0 Å². The van der Waals surface area contributed by atoms with Gasteiger partial charge >= 0.3 is 0 Å². The lowest BCUT2D eigenvalue weighted by molar-refractivity contribution is 0.0951. The maximum atomic E-state index is 12.1. The van der Waals surface area contributed by atoms with E-state index in [1.807, 2.05) is 33.8 Å². The molecule has 1 aromatic carbocycles. The van der Waals surface area contributed by atoms with Crippen LogP contribution in [0.15, 0.2) is 6.07 Å². The molecule has 0 fully saturated rings. The smallest absolute Gasteiger partial charge is 0.255 e. The lowest BCUT2D eigenvalue weighted by atomic mass is 10.0. The molecule has 0 bridgehead atoms. The van der Waals surface area contributed by atoms with Crippen LogP contribution in [0.2, 0.25) is 5.02 Å². The van der Waals surface area contributed by atoms with Crippen LogP contribution in [0.4, 0.5) is 0 Å². The second-order valence-corrected chi connectivity index (χ2v) is 4.40. The van der Waals surface area contributed by atoms with Crippen molar-refractivity contribution in [2.45, 2.75) is 34.1 Å². The highest BCUT2D eigenvalue weighted by atomic mass is 35.5. The number of aryl methyl sites for hydroxylation is 1. The lowest BCUT2D eigenvalue weighted by Crippen LogP contribution is -2.25. The Bertz CT molecular complexity index is 444. The number of carbonyl (C=O) groups excluding carboxylic acids is 1. The molecule has 100 valence electrons. The van der Waals surface area contributed by atoms with Gasteiger partial charge in [-0.1, -0.05) is 18.5 Å². The lowest BCUT2D eigenvalue weighted by Gasteiger charge is -2.17. The summed E-state index contributed by atoms with van der Waals surface area (Å²) in [6.45, 7) is 8.77. The molecule has 0 aliphatic heterocycles. The number of hydrogen-bond acceptors (Lipinski definition) is 2. The SMILES string of the molecule is CCNC(=O)c1c(C)c(Cl)cc(CC)c1OCC. The van der Waals surface area contributed by atoms with Crippen LogP contribution in [0.25, 0.3) is 0 Å². The summed E-state index contributed by atoms with van der Waals surface area (Å²) >= 11 is 6.18. The molecule has 0 aliphatic rings. The first kappa shape index (κ1) is 14.8. The number of nitrogens with one attached hydrogen (secondary N) is 1. The van der Waals surface area contributed by atoms with Crippen LogP contribution in [0.5, 0.6) is 5.75 Å². The number of benzene rings is 1. The summed E-state index contributed by atoms with van der Waals surface area (Å²) in [5.41, 5.74) is 2.29. The van der Waals surface area contributed by atoms with Crippen molar-refractivity contribution in [3.63, 3.8) is 0 Å². The molecule has 0 spiro atoms. The quantitative estimate of drug-likeness (QED) is 0.890. The van der Waals surface area contributed by atoms with Crippen molar-refractivity contribution in [2.24, 2.45) is 0 Å². The molecule has 1 amide bonds. The fourth-order valence-electron chi connectivity index (χ4n) is 1.87. The highest BCUT2D eigenvalue weighted by molar-refractivity contribution is 6.32. The van der Waals surface area contributed by atoms with Gasteiger partial charge in [0.1, 0.15) is 5.75 Å². The highest BCUT2D eigenvalue weighted by Crippen LogP contribution is 2.33. The summed E-state index contributed by atoms with van der Waals surface area (Å²) in [4.78, 5) is 12.1. The summed E-state index contributed by atoms with van der Waals surface area (Å²) in [5.74, 6) is 0.531. The topological polar surface area (TPSA) is 38.3 Å². The first-order valence-electron chi connectivity index (χ1n) is 6.29. The molecule has 4 heteroatoms. The van der Waals surface area contributed by atoms with Crippen LogP contribution in [0.3, 0.4) is 0 Å². The van der Waals surface area contributed by atoms with Gasteiger partial charge in [0.2, 0.25) is 0 Å². The summed E-state index contributed by atoms with van der Waals surface area (Å²) in [7, 11) is 0. The van der Waals surface area contributed by atoms with E-state index in [1.165, 1.54) is 0 Å². The third kappa shape index (κ3) is 2.96. The largest absolute Gasteiger partial charge is 0.493 e. The van der Waals surface area contributed by atoms with Gasteiger partial charge < -0.3 is 10.1 Å². The van der Waals surface area contributed by atoms with Crippen molar-refractivity contribution in [3.8, 4) is 5.75 Å². The molecule has 0 radical (unpaired) electrons. The summed E-state index contributed by atoms with van der Waals surface area (Å²) in [6.07, 6.45) is 0.780. The number of amides is 1. The second-order valence-electron chi connectivity index (χ2n) is 3.99. The highest BCUT2D eigenvalue weighted by Gasteiger charge is 2.20. The van der Waals surface area contributed by atoms with Gasteiger partial charge in [-0.3, -0.25) is 4.79 Å². The fraction of sp³-hybridized carbons (Fsp3) is 0.500. The minimum atomic E-state index is -0.129. The summed E-state index contributed by atoms with van der Waals surface area (Å²) < 4.78 is 5.64. The van der Waals surface area contributed by atoms with Crippen LogP contribution >= 0.6 is 11.6 Å². The Kier molecular flexibility index (Phi) is 5.48. The minimum absolute atomic E-state index is 0.129. The van der Waals surface area contributed by atoms with Crippen molar-refractivity contribution >= 4 is 17.5 Å². The van der Waals surface area contributed by atoms with Crippen molar-refractivity contribution in [1.29, 1.82) is 0 Å². The zero-order valence-corrected chi connectivity index (χ0v) is 12.1. The van der Waals surface area contributed by atoms with E-state index < -0.39 is 0 Å². The zero-order valence-electron chi connectivity index (χ0n) is 11.4. The Morgan fingerprint density at radius 3 is 2.56 bits per heavy atom. The molecule has 0 saturated carbocycles. The molecule has 0 atom stereocenters. The van der Waals surface area contributed by atoms with Crippen molar-refractivity contribution in [3.05, 3.63) is 27.8 Å². The van der Waals surface area contributed by atoms with Crippen LogP contribution in [0.1, 0.15) is 42.3 Å². The molecule has 0 aromatic heterocycles. The molecular weight excluding hydrogens is 250 g/mol. The number of rotatable bonds is 5. The number of ether oxygens (including phenoxy) is 1. The van der Waals surface area contributed by atoms with Gasteiger partial charge in [-0.2, -0.15) is 0 Å². The first-order chi connectivity index (χ1) is 8.56. The normalized spacial score (nSPS) is 10.3. The average Bonchev–Trinajstić information content (AvgIpc) is 2.34. The number of carbonyl (C=O) groups is 1. The van der Waals surface area contributed by atoms with Crippen LogP contribution < -0.4 is 10.1 Å². The predicted octanol–water partition coefficient (Wildman–Crippen LogP) is 3.36. The van der Waals surface area contributed by atoms with Gasteiger partial charge in [0.25, 0.3) is 5.91 Å².